The van der Waals surface area contributed by atoms with Gasteiger partial charge in [0.25, 0.3) is 0 Å². The minimum atomic E-state index is -5.01. The van der Waals surface area contributed by atoms with Crippen LogP contribution in [0.1, 0.15) is 27.0 Å². The van der Waals surface area contributed by atoms with E-state index in [0.717, 1.165) is 34.4 Å². The second-order valence-electron chi connectivity index (χ2n) is 9.98. The van der Waals surface area contributed by atoms with Gasteiger partial charge in [0.2, 0.25) is 5.78 Å². The Morgan fingerprint density at radius 3 is 2.02 bits per heavy atom. The number of nitrogens with one attached hydrogen (secondary N) is 2. The third-order valence-corrected chi connectivity index (χ3v) is 7.75. The van der Waals surface area contributed by atoms with Gasteiger partial charge in [0.1, 0.15) is 21.4 Å². The predicted octanol–water partition coefficient (Wildman–Crippen LogP) is 1.02. The van der Waals surface area contributed by atoms with E-state index >= 15 is 0 Å². The van der Waals surface area contributed by atoms with E-state index in [2.05, 4.69) is 21.1 Å². The van der Waals surface area contributed by atoms with Gasteiger partial charge in [0.15, 0.2) is 5.78 Å². The van der Waals surface area contributed by atoms with Crippen LogP contribution in [0.2, 0.25) is 0 Å². The Morgan fingerprint density at radius 2 is 1.47 bits per heavy atom. The molecule has 0 saturated heterocycles. The third-order valence-electron chi connectivity index (χ3n) is 6.90. The SMILES string of the molecule is Cc1cc(-c2ccc(N/N=C3/C(=O)c4cc(N)ccc4C=C3S(=O)(=O)[O-])c(C)c2)ccc1N/N=C1/C=CC(=O)C(C(=O)O)=C1.[Na+]. The number of carboxylic acid groups (broad SMARTS) is 1. The molecular weight excluding hydrogens is 609 g/mol. The van der Waals surface area contributed by atoms with E-state index < -0.39 is 38.3 Å². The normalized spacial score (nSPS) is 16.1. The second-order valence-corrected chi connectivity index (χ2v) is 11.3. The molecule has 0 amide bonds. The number of carboxylic acids is 1. The standard InChI is InChI=1S/C31H25N5O7S.Na/c1-16-11-18(4-8-25(16)34-33-22-7-10-27(37)24(15-22)31(39)40)19-5-9-26(17(2)12-19)35-36-29-28(44(41,42)43)13-20-3-6-21(32)14-23(20)30(29)38;/h3-15,34-35H,32H2,1-2H3,(H,39,40)(H,41,42,43);/q;+1/p-1/b33-22-,36-29+;. The monoisotopic (exact) mass is 633 g/mol. The fraction of sp³-hybridized carbons (Fsp3) is 0.0645. The van der Waals surface area contributed by atoms with Crippen molar-refractivity contribution in [3.8, 4) is 11.1 Å². The number of hydrazone groups is 2. The summed E-state index contributed by atoms with van der Waals surface area (Å²) in [5, 5.41) is 17.4. The first-order chi connectivity index (χ1) is 20.8. The average Bonchev–Trinajstić information content (AvgIpc) is 2.96. The fourth-order valence-electron chi connectivity index (χ4n) is 4.57. The molecule has 0 aliphatic heterocycles. The van der Waals surface area contributed by atoms with Crippen molar-refractivity contribution in [1.82, 2.24) is 0 Å². The summed E-state index contributed by atoms with van der Waals surface area (Å²) in [6.07, 6.45) is 4.87. The van der Waals surface area contributed by atoms with E-state index in [1.54, 1.807) is 25.1 Å². The average molecular weight is 634 g/mol. The molecular formula is C31H24N5NaO7S. The maximum Gasteiger partial charge on any atom is 1.00 e. The molecule has 0 spiro atoms. The molecule has 222 valence electrons. The number of carbonyl (C=O) groups excluding carboxylic acids is 2. The summed E-state index contributed by atoms with van der Waals surface area (Å²) in [7, 11) is -5.01. The summed E-state index contributed by atoms with van der Waals surface area (Å²) in [6, 6.07) is 15.3. The van der Waals surface area contributed by atoms with Crippen LogP contribution < -0.4 is 46.1 Å². The van der Waals surface area contributed by atoms with Crippen molar-refractivity contribution in [2.75, 3.05) is 16.6 Å². The summed E-state index contributed by atoms with van der Waals surface area (Å²) < 4.78 is 35.9. The molecule has 2 aliphatic rings. The Labute approximate surface area is 280 Å². The number of ketones is 2. The zero-order valence-electron chi connectivity index (χ0n) is 24.3. The Kier molecular flexibility index (Phi) is 9.71. The molecule has 0 heterocycles. The van der Waals surface area contributed by atoms with Gasteiger partial charge in [0, 0.05) is 11.3 Å². The molecule has 0 saturated carbocycles. The molecule has 14 heteroatoms. The van der Waals surface area contributed by atoms with Crippen LogP contribution in [0.25, 0.3) is 17.2 Å². The minimum Gasteiger partial charge on any atom is -0.744 e. The number of hydrogen-bond donors (Lipinski definition) is 4. The maximum absolute atomic E-state index is 13.1. The number of nitrogen functional groups attached to an aromatic ring is 1. The minimum absolute atomic E-state index is 0. The van der Waals surface area contributed by atoms with Gasteiger partial charge < -0.3 is 15.4 Å². The van der Waals surface area contributed by atoms with E-state index in [9.17, 15) is 27.4 Å². The first-order valence-corrected chi connectivity index (χ1v) is 14.4. The number of carbonyl (C=O) groups is 3. The summed E-state index contributed by atoms with van der Waals surface area (Å²) >= 11 is 0. The number of aliphatic carboxylic acids is 1. The van der Waals surface area contributed by atoms with Gasteiger partial charge in [-0.15, -0.1) is 0 Å². The van der Waals surface area contributed by atoms with Gasteiger partial charge >= 0.3 is 35.5 Å². The molecule has 0 radical (unpaired) electrons. The van der Waals surface area contributed by atoms with Crippen LogP contribution in [0, 0.1) is 13.8 Å². The summed E-state index contributed by atoms with van der Waals surface area (Å²) in [5.41, 5.74) is 15.9. The van der Waals surface area contributed by atoms with Crippen molar-refractivity contribution in [3.63, 3.8) is 0 Å². The Bertz CT molecular complexity index is 2050. The van der Waals surface area contributed by atoms with E-state index in [0.29, 0.717) is 17.1 Å². The molecule has 2 aliphatic carbocycles. The van der Waals surface area contributed by atoms with Gasteiger partial charge in [-0.2, -0.15) is 10.2 Å². The number of nitrogens with two attached hydrogens (primary N) is 1. The van der Waals surface area contributed by atoms with Crippen LogP contribution in [0.4, 0.5) is 17.1 Å². The van der Waals surface area contributed by atoms with Crippen LogP contribution in [0.15, 0.2) is 93.5 Å². The summed E-state index contributed by atoms with van der Waals surface area (Å²) in [6.45, 7) is 3.66. The number of fused-ring (bicyclic) bond motifs is 1. The number of anilines is 3. The Balaban J connectivity index is 0.00000461. The van der Waals surface area contributed by atoms with Crippen molar-refractivity contribution in [2.24, 2.45) is 10.2 Å². The number of allylic oxidation sites excluding steroid dienone is 4. The molecule has 5 rings (SSSR count). The third kappa shape index (κ3) is 7.19. The van der Waals surface area contributed by atoms with Crippen LogP contribution in [0.5, 0.6) is 0 Å². The van der Waals surface area contributed by atoms with E-state index in [1.165, 1.54) is 30.4 Å². The number of Topliss-reactive ketones (excluding diaryl/α,β-unsaturated/α-hetero) is 1. The van der Waals surface area contributed by atoms with E-state index in [-0.39, 0.29) is 52.0 Å². The molecule has 0 bridgehead atoms. The quantitative estimate of drug-likeness (QED) is 0.0726. The van der Waals surface area contributed by atoms with E-state index in [1.807, 2.05) is 25.1 Å². The van der Waals surface area contributed by atoms with Crippen LogP contribution >= 0.6 is 0 Å². The molecule has 0 fully saturated rings. The largest absolute Gasteiger partial charge is 1.00 e. The van der Waals surface area contributed by atoms with Crippen LogP contribution in [0.3, 0.4) is 0 Å². The van der Waals surface area contributed by atoms with E-state index in [4.69, 9.17) is 10.8 Å². The number of rotatable bonds is 7. The zero-order valence-corrected chi connectivity index (χ0v) is 27.1. The van der Waals surface area contributed by atoms with Crippen molar-refractivity contribution in [1.29, 1.82) is 0 Å². The van der Waals surface area contributed by atoms with Gasteiger partial charge in [-0.05, 0) is 102 Å². The summed E-state index contributed by atoms with van der Waals surface area (Å²) in [5.74, 6) is -2.67. The first kappa shape index (κ1) is 33.2. The zero-order chi connectivity index (χ0) is 31.8. The number of hydrogen-bond acceptors (Lipinski definition) is 11. The Hall–Kier alpha value is -4.66. The van der Waals surface area contributed by atoms with Gasteiger partial charge in [-0.25, -0.2) is 13.2 Å². The molecule has 3 aromatic rings. The summed E-state index contributed by atoms with van der Waals surface area (Å²) in [4.78, 5) is 35.3. The van der Waals surface area contributed by atoms with Crippen molar-refractivity contribution < 1.29 is 62.0 Å². The molecule has 0 atom stereocenters. The van der Waals surface area contributed by atoms with Crippen molar-refractivity contribution in [3.05, 3.63) is 106 Å². The van der Waals surface area contributed by atoms with Gasteiger partial charge in [0.05, 0.1) is 22.0 Å². The van der Waals surface area contributed by atoms with Gasteiger partial charge in [-0.1, -0.05) is 18.2 Å². The van der Waals surface area contributed by atoms with Crippen LogP contribution in [-0.4, -0.2) is 47.0 Å². The molecule has 12 nitrogen and oxygen atoms in total. The molecule has 5 N–H and O–H groups in total. The maximum atomic E-state index is 13.1. The Morgan fingerprint density at radius 1 is 0.867 bits per heavy atom. The van der Waals surface area contributed by atoms with Gasteiger partial charge in [-0.3, -0.25) is 20.4 Å². The smallest absolute Gasteiger partial charge is 0.744 e. The number of aryl methyl sites for hydroxylation is 2. The molecule has 3 aromatic carbocycles. The van der Waals surface area contributed by atoms with Crippen molar-refractivity contribution >= 4 is 62.2 Å². The topological polar surface area (TPSA) is 203 Å². The van der Waals surface area contributed by atoms with Crippen LogP contribution in [-0.2, 0) is 19.7 Å². The second kappa shape index (κ2) is 13.1. The molecule has 0 unspecified atom stereocenters. The number of benzene rings is 3. The molecule has 45 heavy (non-hydrogen) atoms. The first-order valence-electron chi connectivity index (χ1n) is 13.0. The molecule has 0 aromatic heterocycles. The fourth-order valence-corrected chi connectivity index (χ4v) is 5.22. The van der Waals surface area contributed by atoms with Crippen molar-refractivity contribution in [2.45, 2.75) is 13.8 Å². The predicted molar refractivity (Wildman–Crippen MR) is 166 cm³/mol. The number of nitrogens with zero attached hydrogens (tertiary/aromatic N) is 2.